The first-order valence-electron chi connectivity index (χ1n) is 5.10. The molecule has 0 bridgehead atoms. The second-order valence-corrected chi connectivity index (χ2v) is 4.22. The van der Waals surface area contributed by atoms with Gasteiger partial charge in [-0.25, -0.2) is 0 Å². The van der Waals surface area contributed by atoms with Crippen LogP contribution in [0.1, 0.15) is 27.2 Å². The Morgan fingerprint density at radius 2 is 1.62 bits per heavy atom. The molecule has 0 saturated carbocycles. The molecule has 0 heteroatoms. The highest BCUT2D eigenvalue weighted by Gasteiger charge is 2.26. The van der Waals surface area contributed by atoms with Crippen molar-refractivity contribution in [1.82, 2.24) is 0 Å². The molecule has 0 fully saturated rings. The zero-order valence-electron chi connectivity index (χ0n) is 9.01. The van der Waals surface area contributed by atoms with E-state index < -0.39 is 0 Å². The van der Waals surface area contributed by atoms with E-state index in [9.17, 15) is 0 Å². The van der Waals surface area contributed by atoms with Crippen LogP contribution in [0.3, 0.4) is 0 Å². The predicted octanol–water partition coefficient (Wildman–Crippen LogP) is 3.97. The van der Waals surface area contributed by atoms with Crippen LogP contribution in [0, 0.1) is 17.8 Å². The molecule has 1 aliphatic rings. The zero-order chi connectivity index (χ0) is 10.0. The van der Waals surface area contributed by atoms with Gasteiger partial charge in [-0.2, -0.15) is 0 Å². The maximum Gasteiger partial charge on any atom is -0.0162 e. The van der Waals surface area contributed by atoms with E-state index in [1.807, 2.05) is 12.2 Å². The van der Waals surface area contributed by atoms with Gasteiger partial charge in [0.1, 0.15) is 0 Å². The monoisotopic (exact) mass is 176 g/mol. The van der Waals surface area contributed by atoms with Gasteiger partial charge in [-0.05, 0) is 35.3 Å². The Hall–Kier alpha value is -0.780. The lowest BCUT2D eigenvalue weighted by atomic mass is 9.72. The summed E-state index contributed by atoms with van der Waals surface area (Å²) in [6.45, 7) is 14.7. The SMILES string of the molecule is C=CC1=C(C=C)C(C)C(C)CC1C. The number of rotatable bonds is 2. The third kappa shape index (κ3) is 1.77. The summed E-state index contributed by atoms with van der Waals surface area (Å²) in [4.78, 5) is 0. The van der Waals surface area contributed by atoms with Crippen LogP contribution >= 0.6 is 0 Å². The molecule has 3 atom stereocenters. The molecule has 0 aromatic rings. The van der Waals surface area contributed by atoms with Crippen molar-refractivity contribution in [3.05, 3.63) is 36.5 Å². The van der Waals surface area contributed by atoms with Gasteiger partial charge in [-0.3, -0.25) is 0 Å². The third-order valence-electron chi connectivity index (χ3n) is 3.37. The smallest absolute Gasteiger partial charge is 0.0162 e. The lowest BCUT2D eigenvalue weighted by molar-refractivity contribution is 0.343. The molecule has 0 heterocycles. The van der Waals surface area contributed by atoms with Crippen LogP contribution in [0.25, 0.3) is 0 Å². The molecule has 3 unspecified atom stereocenters. The summed E-state index contributed by atoms with van der Waals surface area (Å²) in [7, 11) is 0. The molecule has 0 radical (unpaired) electrons. The van der Waals surface area contributed by atoms with Crippen molar-refractivity contribution < 1.29 is 0 Å². The van der Waals surface area contributed by atoms with Gasteiger partial charge in [-0.1, -0.05) is 46.1 Å². The average molecular weight is 176 g/mol. The van der Waals surface area contributed by atoms with Crippen molar-refractivity contribution >= 4 is 0 Å². The minimum absolute atomic E-state index is 0.640. The fraction of sp³-hybridized carbons (Fsp3) is 0.538. The molecular weight excluding hydrogens is 156 g/mol. The Labute approximate surface area is 82.0 Å². The first-order chi connectivity index (χ1) is 6.11. The van der Waals surface area contributed by atoms with Gasteiger partial charge >= 0.3 is 0 Å². The van der Waals surface area contributed by atoms with E-state index in [2.05, 4.69) is 33.9 Å². The summed E-state index contributed by atoms with van der Waals surface area (Å²) in [5.41, 5.74) is 2.81. The van der Waals surface area contributed by atoms with Crippen LogP contribution in [0.4, 0.5) is 0 Å². The quantitative estimate of drug-likeness (QED) is 0.597. The van der Waals surface area contributed by atoms with Gasteiger partial charge in [0.15, 0.2) is 0 Å². The van der Waals surface area contributed by atoms with Gasteiger partial charge in [0.2, 0.25) is 0 Å². The van der Waals surface area contributed by atoms with Crippen molar-refractivity contribution in [2.24, 2.45) is 17.8 Å². The van der Waals surface area contributed by atoms with Gasteiger partial charge in [0.05, 0.1) is 0 Å². The standard InChI is InChI=1S/C13H20/c1-6-12-10(4)8-9(3)11(5)13(12)7-2/h6-7,9-11H,1-2,8H2,3-5H3. The predicted molar refractivity (Wildman–Crippen MR) is 59.5 cm³/mol. The summed E-state index contributed by atoms with van der Waals surface area (Å²) in [5.74, 6) is 2.06. The first kappa shape index (κ1) is 10.3. The topological polar surface area (TPSA) is 0 Å². The molecule has 0 N–H and O–H groups in total. The van der Waals surface area contributed by atoms with Crippen molar-refractivity contribution in [1.29, 1.82) is 0 Å². The zero-order valence-corrected chi connectivity index (χ0v) is 9.01. The van der Waals surface area contributed by atoms with Gasteiger partial charge in [0.25, 0.3) is 0 Å². The van der Waals surface area contributed by atoms with Crippen LogP contribution in [-0.4, -0.2) is 0 Å². The Morgan fingerprint density at radius 1 is 1.08 bits per heavy atom. The molecule has 13 heavy (non-hydrogen) atoms. The molecule has 0 aromatic heterocycles. The second-order valence-electron chi connectivity index (χ2n) is 4.22. The minimum atomic E-state index is 0.640. The molecule has 1 aliphatic carbocycles. The molecule has 0 saturated heterocycles. The highest BCUT2D eigenvalue weighted by Crippen LogP contribution is 2.38. The lowest BCUT2D eigenvalue weighted by Crippen LogP contribution is -2.21. The lowest BCUT2D eigenvalue weighted by Gasteiger charge is -2.33. The fourth-order valence-corrected chi connectivity index (χ4v) is 2.37. The van der Waals surface area contributed by atoms with Crippen LogP contribution in [0.2, 0.25) is 0 Å². The second kappa shape index (κ2) is 3.95. The van der Waals surface area contributed by atoms with Gasteiger partial charge in [-0.15, -0.1) is 0 Å². The van der Waals surface area contributed by atoms with Crippen LogP contribution < -0.4 is 0 Å². The Kier molecular flexibility index (Phi) is 3.13. The van der Waals surface area contributed by atoms with Crippen molar-refractivity contribution in [2.45, 2.75) is 27.2 Å². The van der Waals surface area contributed by atoms with Crippen molar-refractivity contribution in [2.75, 3.05) is 0 Å². The van der Waals surface area contributed by atoms with Crippen LogP contribution in [0.5, 0.6) is 0 Å². The van der Waals surface area contributed by atoms with Crippen LogP contribution in [-0.2, 0) is 0 Å². The largest absolute Gasteiger partial charge is 0.0988 e. The summed E-state index contributed by atoms with van der Waals surface area (Å²) in [6, 6.07) is 0. The average Bonchev–Trinajstić information content (AvgIpc) is 2.10. The van der Waals surface area contributed by atoms with Gasteiger partial charge in [0, 0.05) is 0 Å². The van der Waals surface area contributed by atoms with E-state index in [1.165, 1.54) is 17.6 Å². The summed E-state index contributed by atoms with van der Waals surface area (Å²) in [5, 5.41) is 0. The summed E-state index contributed by atoms with van der Waals surface area (Å²) < 4.78 is 0. The summed E-state index contributed by atoms with van der Waals surface area (Å²) >= 11 is 0. The molecule has 0 spiro atoms. The van der Waals surface area contributed by atoms with E-state index in [0.29, 0.717) is 11.8 Å². The molecule has 72 valence electrons. The van der Waals surface area contributed by atoms with E-state index >= 15 is 0 Å². The normalized spacial score (nSPS) is 34.5. The van der Waals surface area contributed by atoms with Gasteiger partial charge < -0.3 is 0 Å². The van der Waals surface area contributed by atoms with E-state index in [-0.39, 0.29) is 0 Å². The fourth-order valence-electron chi connectivity index (χ4n) is 2.37. The Bertz CT molecular complexity index is 245. The van der Waals surface area contributed by atoms with Crippen molar-refractivity contribution in [3.8, 4) is 0 Å². The Balaban J connectivity index is 3.11. The molecular formula is C13H20. The van der Waals surface area contributed by atoms with Crippen molar-refractivity contribution in [3.63, 3.8) is 0 Å². The molecule has 0 amide bonds. The molecule has 1 rings (SSSR count). The van der Waals surface area contributed by atoms with Crippen LogP contribution in [0.15, 0.2) is 36.5 Å². The number of hydrogen-bond donors (Lipinski definition) is 0. The first-order valence-corrected chi connectivity index (χ1v) is 5.10. The van der Waals surface area contributed by atoms with E-state index in [0.717, 1.165) is 5.92 Å². The highest BCUT2D eigenvalue weighted by atomic mass is 14.3. The van der Waals surface area contributed by atoms with E-state index in [1.54, 1.807) is 0 Å². The minimum Gasteiger partial charge on any atom is -0.0988 e. The maximum absolute atomic E-state index is 3.90. The number of allylic oxidation sites excluding steroid dienone is 4. The molecule has 0 nitrogen and oxygen atoms in total. The van der Waals surface area contributed by atoms with E-state index in [4.69, 9.17) is 0 Å². The Morgan fingerprint density at radius 3 is 2.08 bits per heavy atom. The number of hydrogen-bond acceptors (Lipinski definition) is 0. The summed E-state index contributed by atoms with van der Waals surface area (Å²) in [6.07, 6.45) is 5.29. The molecule has 0 aromatic carbocycles. The molecule has 0 aliphatic heterocycles. The third-order valence-corrected chi connectivity index (χ3v) is 3.37. The highest BCUT2D eigenvalue weighted by molar-refractivity contribution is 5.36. The maximum atomic E-state index is 3.90.